The van der Waals surface area contributed by atoms with Crippen LogP contribution in [0.4, 0.5) is 15.8 Å². The zero-order chi connectivity index (χ0) is 24.3. The number of nitrogens with zero attached hydrogens (tertiary/aromatic N) is 3. The third-order valence-corrected chi connectivity index (χ3v) is 7.17. The second-order valence-corrected chi connectivity index (χ2v) is 9.09. The molecule has 172 valence electrons. The molecule has 3 aliphatic rings. The number of nitrogens with one attached hydrogen (secondary N) is 1. The monoisotopic (exact) mass is 484 g/mol. The summed E-state index contributed by atoms with van der Waals surface area (Å²) >= 11 is 6.15. The number of hydrogen-bond acceptors (Lipinski definition) is 4. The van der Waals surface area contributed by atoms with Crippen LogP contribution in [0, 0.1) is 17.1 Å². The van der Waals surface area contributed by atoms with Gasteiger partial charge >= 0.3 is 0 Å². The van der Waals surface area contributed by atoms with Crippen LogP contribution in [-0.4, -0.2) is 16.3 Å². The lowest BCUT2D eigenvalue weighted by atomic mass is 9.63. The van der Waals surface area contributed by atoms with Crippen molar-refractivity contribution in [2.24, 2.45) is 0 Å². The molecule has 35 heavy (non-hydrogen) atoms. The molecule has 2 aromatic carbocycles. The maximum absolute atomic E-state index is 14.1. The minimum atomic E-state index is -1.59. The Bertz CT molecular complexity index is 1530. The highest BCUT2D eigenvalue weighted by Crippen LogP contribution is 2.56. The van der Waals surface area contributed by atoms with Gasteiger partial charge in [0.1, 0.15) is 23.1 Å². The van der Waals surface area contributed by atoms with Gasteiger partial charge in [0.15, 0.2) is 5.78 Å². The van der Waals surface area contributed by atoms with Crippen LogP contribution in [0.3, 0.4) is 0 Å². The number of nitriles is 1. The van der Waals surface area contributed by atoms with Gasteiger partial charge in [-0.25, -0.2) is 4.39 Å². The summed E-state index contributed by atoms with van der Waals surface area (Å²) in [6.45, 7) is 0. The highest BCUT2D eigenvalue weighted by molar-refractivity contribution is 6.31. The molecule has 2 aliphatic heterocycles. The predicted octanol–water partition coefficient (Wildman–Crippen LogP) is 5.39. The smallest absolute Gasteiger partial charge is 0.245 e. The van der Waals surface area contributed by atoms with E-state index in [0.29, 0.717) is 46.9 Å². The minimum absolute atomic E-state index is 0.0820. The number of halogens is 2. The quantitative estimate of drug-likeness (QED) is 0.529. The number of carbonyl (C=O) groups is 2. The lowest BCUT2D eigenvalue weighted by molar-refractivity contribution is -0.122. The third kappa shape index (κ3) is 2.81. The van der Waals surface area contributed by atoms with E-state index in [1.807, 2.05) is 12.1 Å². The fraction of sp³-hybridized carbons (Fsp3) is 0.148. The molecule has 1 N–H and O–H groups in total. The molecule has 0 unspecified atom stereocenters. The van der Waals surface area contributed by atoms with Crippen molar-refractivity contribution in [3.8, 4) is 6.07 Å². The van der Waals surface area contributed by atoms with Crippen LogP contribution in [0.2, 0.25) is 5.02 Å². The Labute approximate surface area is 205 Å². The predicted molar refractivity (Wildman–Crippen MR) is 130 cm³/mol. The van der Waals surface area contributed by atoms with Crippen molar-refractivity contribution in [1.82, 2.24) is 4.57 Å². The Balaban J connectivity index is 1.78. The summed E-state index contributed by atoms with van der Waals surface area (Å²) in [6.07, 6.45) is 4.90. The van der Waals surface area contributed by atoms with E-state index in [2.05, 4.69) is 11.4 Å². The first-order chi connectivity index (χ1) is 17.0. The zero-order valence-electron chi connectivity index (χ0n) is 18.4. The molecule has 0 saturated carbocycles. The Morgan fingerprint density at radius 2 is 1.83 bits per heavy atom. The number of rotatable bonds is 2. The van der Waals surface area contributed by atoms with Gasteiger partial charge in [-0.3, -0.25) is 14.5 Å². The van der Waals surface area contributed by atoms with Gasteiger partial charge in [0, 0.05) is 47.0 Å². The van der Waals surface area contributed by atoms with Gasteiger partial charge < -0.3 is 9.88 Å². The first-order valence-electron chi connectivity index (χ1n) is 11.2. The molecular formula is C27H18ClFN4O2. The number of allylic oxidation sites excluding steroid dienone is 1. The van der Waals surface area contributed by atoms with Gasteiger partial charge in [-0.05, 0) is 49.2 Å². The van der Waals surface area contributed by atoms with Crippen molar-refractivity contribution >= 4 is 40.5 Å². The number of aromatic nitrogens is 1. The highest BCUT2D eigenvalue weighted by Gasteiger charge is 2.60. The fourth-order valence-electron chi connectivity index (χ4n) is 5.52. The highest BCUT2D eigenvalue weighted by atomic mass is 35.5. The van der Waals surface area contributed by atoms with Crippen LogP contribution in [-0.2, 0) is 15.0 Å². The molecule has 1 atom stereocenters. The van der Waals surface area contributed by atoms with Gasteiger partial charge in [-0.15, -0.1) is 0 Å². The van der Waals surface area contributed by atoms with Crippen LogP contribution < -0.4 is 10.2 Å². The summed E-state index contributed by atoms with van der Waals surface area (Å²) in [5.74, 6) is -0.788. The lowest BCUT2D eigenvalue weighted by Crippen LogP contribution is -2.49. The molecule has 1 aliphatic carbocycles. The van der Waals surface area contributed by atoms with E-state index in [9.17, 15) is 19.2 Å². The van der Waals surface area contributed by atoms with Crippen LogP contribution in [0.5, 0.6) is 0 Å². The summed E-state index contributed by atoms with van der Waals surface area (Å²) in [5, 5.41) is 13.4. The van der Waals surface area contributed by atoms with Crippen LogP contribution in [0.25, 0.3) is 5.82 Å². The van der Waals surface area contributed by atoms with E-state index in [-0.39, 0.29) is 22.8 Å². The Kier molecular flexibility index (Phi) is 4.70. The van der Waals surface area contributed by atoms with Crippen molar-refractivity contribution in [2.75, 3.05) is 10.2 Å². The Hall–Kier alpha value is -4.15. The number of hydrogen-bond donors (Lipinski definition) is 1. The number of Topliss-reactive ketones (excluding diaryl/α,β-unsaturated/α-hetero) is 1. The molecule has 0 radical (unpaired) electrons. The molecule has 3 aromatic rings. The van der Waals surface area contributed by atoms with E-state index in [1.165, 1.54) is 12.1 Å². The SMILES string of the molecule is N#CC1=C(n2cccc2)N(c2ccc(F)c(Cl)c2)C2=C(C(=O)CCC2)[C@@]12C(=O)Nc1ccccc12. The molecule has 8 heteroatoms. The zero-order valence-corrected chi connectivity index (χ0v) is 19.1. The summed E-state index contributed by atoms with van der Waals surface area (Å²) in [7, 11) is 0. The number of anilines is 2. The van der Waals surface area contributed by atoms with Gasteiger partial charge in [-0.1, -0.05) is 29.8 Å². The number of carbonyl (C=O) groups excluding carboxylic acids is 2. The summed E-state index contributed by atoms with van der Waals surface area (Å²) in [6, 6.07) is 17.3. The first kappa shape index (κ1) is 21.4. The Morgan fingerprint density at radius 3 is 2.57 bits per heavy atom. The normalized spacial score (nSPS) is 21.2. The van der Waals surface area contributed by atoms with Gasteiger partial charge in [0.2, 0.25) is 5.91 Å². The molecule has 1 spiro atoms. The second kappa shape index (κ2) is 7.69. The summed E-state index contributed by atoms with van der Waals surface area (Å²) in [4.78, 5) is 29.2. The van der Waals surface area contributed by atoms with Gasteiger partial charge in [0.25, 0.3) is 0 Å². The van der Waals surface area contributed by atoms with E-state index >= 15 is 0 Å². The van der Waals surface area contributed by atoms with E-state index in [0.717, 1.165) is 0 Å². The number of ketones is 1. The van der Waals surface area contributed by atoms with Crippen LogP contribution in [0.15, 0.2) is 83.8 Å². The maximum Gasteiger partial charge on any atom is 0.245 e. The molecule has 1 amide bonds. The molecule has 0 bridgehead atoms. The van der Waals surface area contributed by atoms with Crippen molar-refractivity contribution in [3.05, 3.63) is 100 Å². The molecular weight excluding hydrogens is 467 g/mol. The van der Waals surface area contributed by atoms with E-state index in [4.69, 9.17) is 11.6 Å². The number of fused-ring (bicyclic) bond motifs is 3. The molecule has 6 rings (SSSR count). The third-order valence-electron chi connectivity index (χ3n) is 6.88. The summed E-state index contributed by atoms with van der Waals surface area (Å²) in [5.41, 5.74) is 1.07. The minimum Gasteiger partial charge on any atom is -0.324 e. The average molecular weight is 485 g/mol. The largest absolute Gasteiger partial charge is 0.324 e. The van der Waals surface area contributed by atoms with E-state index < -0.39 is 17.1 Å². The molecule has 6 nitrogen and oxygen atoms in total. The topological polar surface area (TPSA) is 78.1 Å². The standard InChI is InChI=1S/C27H18ClFN4O2/c28-19-14-16(10-11-20(19)29)33-22-8-5-9-23(34)24(22)27(17-6-1-2-7-21(17)31-26(27)35)18(15-30)25(33)32-12-3-4-13-32/h1-4,6-7,10-14H,5,8-9H2,(H,31,35)/t27-/m0/s1. The summed E-state index contributed by atoms with van der Waals surface area (Å²) < 4.78 is 15.8. The molecule has 3 heterocycles. The average Bonchev–Trinajstić information content (AvgIpc) is 3.48. The van der Waals surface area contributed by atoms with Crippen LogP contribution in [0.1, 0.15) is 24.8 Å². The molecule has 0 saturated heterocycles. The molecule has 1 aromatic heterocycles. The number of amides is 1. The van der Waals surface area contributed by atoms with Gasteiger partial charge in [-0.2, -0.15) is 5.26 Å². The van der Waals surface area contributed by atoms with Crippen LogP contribution >= 0.6 is 11.6 Å². The first-order valence-corrected chi connectivity index (χ1v) is 11.6. The second-order valence-electron chi connectivity index (χ2n) is 8.68. The van der Waals surface area contributed by atoms with Crippen molar-refractivity contribution in [2.45, 2.75) is 24.7 Å². The van der Waals surface area contributed by atoms with Crippen molar-refractivity contribution in [1.29, 1.82) is 5.26 Å². The van der Waals surface area contributed by atoms with Gasteiger partial charge in [0.05, 0.1) is 10.6 Å². The number of benzene rings is 2. The maximum atomic E-state index is 14.1. The van der Waals surface area contributed by atoms with E-state index in [1.54, 1.807) is 52.2 Å². The Morgan fingerprint density at radius 1 is 1.06 bits per heavy atom. The van der Waals surface area contributed by atoms with Crippen molar-refractivity contribution < 1.29 is 14.0 Å². The number of para-hydroxylation sites is 1. The molecule has 0 fully saturated rings. The fourth-order valence-corrected chi connectivity index (χ4v) is 5.69. The van der Waals surface area contributed by atoms with Crippen molar-refractivity contribution in [3.63, 3.8) is 0 Å². The lowest BCUT2D eigenvalue weighted by Gasteiger charge is -2.44.